The zero-order valence-corrected chi connectivity index (χ0v) is 6.16. The normalized spacial score (nSPS) is 6.00. The van der Waals surface area contributed by atoms with E-state index in [9.17, 15) is 0 Å². The van der Waals surface area contributed by atoms with Gasteiger partial charge in [-0.2, -0.15) is 0 Å². The van der Waals surface area contributed by atoms with Gasteiger partial charge in [0.25, 0.3) is 0 Å². The smallest absolute Gasteiger partial charge is 0.0431 e. The van der Waals surface area contributed by atoms with Gasteiger partial charge in [-0.15, -0.1) is 0 Å². The summed E-state index contributed by atoms with van der Waals surface area (Å²) in [7, 11) is 0. The molecule has 0 aromatic carbocycles. The molecule has 6 heteroatoms. The van der Waals surface area contributed by atoms with Crippen LogP contribution in [0.4, 0.5) is 9.59 Å². The molecule has 68 valence electrons. The highest BCUT2D eigenvalue weighted by Gasteiger charge is 1.35. The lowest BCUT2D eigenvalue weighted by atomic mass is 10.6. The number of rotatable bonds is 0. The maximum Gasteiger partial charge on any atom is -0.0431 e. The minimum Gasteiger partial charge on any atom is -0.652 e. The van der Waals surface area contributed by atoms with Crippen LogP contribution in [-0.4, -0.2) is 12.3 Å². The van der Waals surface area contributed by atoms with Gasteiger partial charge < -0.3 is 30.0 Å². The number of carboxylic acid groups (broad SMARTS) is 4. The third kappa shape index (κ3) is 171. The summed E-state index contributed by atoms with van der Waals surface area (Å²) in [6.07, 6.45) is -3.42. The maximum atomic E-state index is 8.33. The molecule has 0 fully saturated rings. The Kier molecular flexibility index (Phi) is 23.4. The van der Waals surface area contributed by atoms with Crippen LogP contribution < -0.4 is 20.4 Å². The van der Waals surface area contributed by atoms with E-state index in [1.807, 2.05) is 0 Å². The van der Waals surface area contributed by atoms with Gasteiger partial charge in [-0.3, -0.25) is 0 Å². The molecule has 0 heterocycles. The largest absolute Gasteiger partial charge is 0.652 e. The molecule has 0 N–H and O–H groups in total. The van der Waals surface area contributed by atoms with Crippen molar-refractivity contribution in [3.05, 3.63) is 0 Å². The van der Waals surface area contributed by atoms with Crippen molar-refractivity contribution in [2.24, 2.45) is 0 Å². The Bertz CT molecular complexity index is 79.1. The van der Waals surface area contributed by atoms with Crippen LogP contribution in [0.25, 0.3) is 0 Å². The highest BCUT2D eigenvalue weighted by molar-refractivity contribution is 5.47. The Hall–Kier alpha value is -1.46. The first-order valence-corrected chi connectivity index (χ1v) is 2.64. The Morgan fingerprint density at radius 2 is 0.909 bits per heavy atom. The van der Waals surface area contributed by atoms with Crippen LogP contribution in [0.2, 0.25) is 0 Å². The van der Waals surface area contributed by atoms with Crippen molar-refractivity contribution in [3.63, 3.8) is 0 Å². The van der Waals surface area contributed by atoms with E-state index in [2.05, 4.69) is 13.8 Å². The Morgan fingerprint density at radius 3 is 0.909 bits per heavy atom. The standard InChI is InChI=1S/C3H8.2CH2O3/c1-3-2;2*2-1(3)4/h3H2,1-2H3;2*(H2,2,3,4)/p-4. The van der Waals surface area contributed by atoms with Gasteiger partial charge in [-0.05, 0) is 12.3 Å². The molecule has 11 heavy (non-hydrogen) atoms. The van der Waals surface area contributed by atoms with Crippen molar-refractivity contribution < 1.29 is 30.0 Å². The molecule has 0 amide bonds. The van der Waals surface area contributed by atoms with Gasteiger partial charge in [0.15, 0.2) is 0 Å². The quantitative estimate of drug-likeness (QED) is 0.366. The van der Waals surface area contributed by atoms with E-state index in [1.54, 1.807) is 0 Å². The first kappa shape index (κ1) is 16.3. The predicted molar refractivity (Wildman–Crippen MR) is 26.8 cm³/mol. The van der Waals surface area contributed by atoms with Gasteiger partial charge in [-0.25, -0.2) is 0 Å². The van der Waals surface area contributed by atoms with Crippen molar-refractivity contribution in [2.75, 3.05) is 0 Å². The average Bonchev–Trinajstić information content (AvgIpc) is 1.60. The second kappa shape index (κ2) is 15.8. The van der Waals surface area contributed by atoms with Crippen molar-refractivity contribution in [1.82, 2.24) is 0 Å². The fourth-order valence-electron chi connectivity index (χ4n) is 0. The number of carbonyl (C=O) groups excluding carboxylic acids is 2. The van der Waals surface area contributed by atoms with Crippen LogP contribution in [0.5, 0.6) is 0 Å². The molecule has 6 nitrogen and oxygen atoms in total. The van der Waals surface area contributed by atoms with E-state index in [1.165, 1.54) is 6.42 Å². The van der Waals surface area contributed by atoms with Gasteiger partial charge in [0, 0.05) is 0 Å². The molecule has 0 spiro atoms. The molecule has 0 rings (SSSR count). The van der Waals surface area contributed by atoms with Gasteiger partial charge in [0.05, 0.1) is 0 Å². The maximum absolute atomic E-state index is 8.33. The van der Waals surface area contributed by atoms with Gasteiger partial charge in [0.1, 0.15) is 0 Å². The first-order chi connectivity index (χ1) is 4.88. The lowest BCUT2D eigenvalue weighted by Crippen LogP contribution is -2.37. The van der Waals surface area contributed by atoms with E-state index in [0.29, 0.717) is 0 Å². The second-order valence-electron chi connectivity index (χ2n) is 1.21. The zero-order chi connectivity index (χ0) is 9.86. The number of hydrogen-bond acceptors (Lipinski definition) is 6. The summed E-state index contributed by atoms with van der Waals surface area (Å²) in [6.45, 7) is 4.25. The van der Waals surface area contributed by atoms with E-state index >= 15 is 0 Å². The Morgan fingerprint density at radius 1 is 0.909 bits per heavy atom. The van der Waals surface area contributed by atoms with Crippen LogP contribution in [0.1, 0.15) is 20.3 Å². The molecular formula is C5H8O6-4. The van der Waals surface area contributed by atoms with Crippen molar-refractivity contribution in [2.45, 2.75) is 20.3 Å². The second-order valence-corrected chi connectivity index (χ2v) is 1.21. The Labute approximate surface area is 63.7 Å². The molecule has 0 aliphatic heterocycles. The molecular weight excluding hydrogens is 156 g/mol. The Balaban J connectivity index is -0.0000000886. The molecule has 0 aliphatic carbocycles. The first-order valence-electron chi connectivity index (χ1n) is 2.64. The monoisotopic (exact) mass is 164 g/mol. The van der Waals surface area contributed by atoms with E-state index < -0.39 is 12.3 Å². The van der Waals surface area contributed by atoms with Crippen molar-refractivity contribution in [1.29, 1.82) is 0 Å². The average molecular weight is 164 g/mol. The molecule has 0 unspecified atom stereocenters. The third-order valence-electron chi connectivity index (χ3n) is 0. The van der Waals surface area contributed by atoms with Gasteiger partial charge in [-0.1, -0.05) is 20.3 Å². The molecule has 0 aromatic rings. The summed E-state index contributed by atoms with van der Waals surface area (Å²) in [5.74, 6) is 0. The summed E-state index contributed by atoms with van der Waals surface area (Å²) in [5.41, 5.74) is 0. The van der Waals surface area contributed by atoms with Crippen LogP contribution in [0.15, 0.2) is 0 Å². The molecule has 0 radical (unpaired) electrons. The topological polar surface area (TPSA) is 126 Å². The summed E-state index contributed by atoms with van der Waals surface area (Å²) in [6, 6.07) is 0. The summed E-state index contributed by atoms with van der Waals surface area (Å²) < 4.78 is 0. The molecule has 0 bridgehead atoms. The van der Waals surface area contributed by atoms with Crippen molar-refractivity contribution >= 4 is 12.3 Å². The fourth-order valence-corrected chi connectivity index (χ4v) is 0. The van der Waals surface area contributed by atoms with E-state index in [-0.39, 0.29) is 0 Å². The summed E-state index contributed by atoms with van der Waals surface area (Å²) in [4.78, 5) is 16.7. The van der Waals surface area contributed by atoms with E-state index in [4.69, 9.17) is 30.0 Å². The van der Waals surface area contributed by atoms with Crippen LogP contribution in [0.3, 0.4) is 0 Å². The van der Waals surface area contributed by atoms with Crippen LogP contribution >= 0.6 is 0 Å². The molecule has 0 atom stereocenters. The fraction of sp³-hybridized carbons (Fsp3) is 0.600. The van der Waals surface area contributed by atoms with E-state index in [0.717, 1.165) is 0 Å². The number of carbonyl (C=O) groups is 2. The minimum absolute atomic E-state index is 1.25. The predicted octanol–water partition coefficient (Wildman–Crippen LogP) is -3.48. The van der Waals surface area contributed by atoms with Crippen molar-refractivity contribution in [3.8, 4) is 0 Å². The lowest BCUT2D eigenvalue weighted by molar-refractivity contribution is -0.417. The minimum atomic E-state index is -2.33. The highest BCUT2D eigenvalue weighted by atomic mass is 16.6. The molecule has 0 saturated heterocycles. The van der Waals surface area contributed by atoms with Gasteiger partial charge in [0.2, 0.25) is 0 Å². The zero-order valence-electron chi connectivity index (χ0n) is 6.16. The molecule has 0 saturated carbocycles. The lowest BCUT2D eigenvalue weighted by Gasteiger charge is -1.96. The number of hydrogen-bond donors (Lipinski definition) is 0. The summed E-state index contributed by atoms with van der Waals surface area (Å²) >= 11 is 0. The SMILES string of the molecule is CCC.O=C([O-])[O-].O=C([O-])[O-]. The van der Waals surface area contributed by atoms with Gasteiger partial charge >= 0.3 is 0 Å². The molecule has 0 aromatic heterocycles. The summed E-state index contributed by atoms with van der Waals surface area (Å²) in [5, 5.41) is 33.3. The highest BCUT2D eigenvalue weighted by Crippen LogP contribution is 1.56. The van der Waals surface area contributed by atoms with Crippen LogP contribution in [-0.2, 0) is 0 Å². The molecule has 0 aliphatic rings. The third-order valence-corrected chi connectivity index (χ3v) is 0. The van der Waals surface area contributed by atoms with Crippen LogP contribution in [0, 0.1) is 0 Å².